The zero-order chi connectivity index (χ0) is 15.7. The third kappa shape index (κ3) is 2.48. The number of nitrogens with zero attached hydrogens (tertiary/aromatic N) is 1. The van der Waals surface area contributed by atoms with Gasteiger partial charge in [0.1, 0.15) is 5.56 Å². The van der Waals surface area contributed by atoms with Crippen LogP contribution in [-0.2, 0) is 0 Å². The molecule has 1 aromatic carbocycles. The van der Waals surface area contributed by atoms with Crippen LogP contribution in [0.4, 0.5) is 0 Å². The van der Waals surface area contributed by atoms with Crippen molar-refractivity contribution in [3.8, 4) is 11.6 Å². The highest BCUT2D eigenvalue weighted by Gasteiger charge is 2.18. The van der Waals surface area contributed by atoms with Crippen molar-refractivity contribution in [2.24, 2.45) is 11.5 Å². The van der Waals surface area contributed by atoms with Crippen LogP contribution in [0.3, 0.4) is 0 Å². The zero-order valence-corrected chi connectivity index (χ0v) is 11.2. The summed E-state index contributed by atoms with van der Waals surface area (Å²) in [6, 6.07) is 6.88. The quantitative estimate of drug-likeness (QED) is 0.736. The maximum atomic E-state index is 12.0. The predicted molar refractivity (Wildman–Crippen MR) is 75.5 cm³/mol. The molecule has 2 aromatic rings. The van der Waals surface area contributed by atoms with Crippen LogP contribution in [0.5, 0.6) is 5.88 Å². The van der Waals surface area contributed by atoms with Gasteiger partial charge in [-0.1, -0.05) is 0 Å². The van der Waals surface area contributed by atoms with E-state index < -0.39 is 23.3 Å². The van der Waals surface area contributed by atoms with Crippen LogP contribution in [0.15, 0.2) is 35.1 Å². The van der Waals surface area contributed by atoms with Gasteiger partial charge >= 0.3 is 0 Å². The first-order valence-corrected chi connectivity index (χ1v) is 5.98. The van der Waals surface area contributed by atoms with E-state index in [-0.39, 0.29) is 22.4 Å². The van der Waals surface area contributed by atoms with Crippen LogP contribution in [0, 0.1) is 6.92 Å². The van der Waals surface area contributed by atoms with Gasteiger partial charge in [-0.3, -0.25) is 14.4 Å². The van der Waals surface area contributed by atoms with Gasteiger partial charge in [-0.15, -0.1) is 0 Å². The van der Waals surface area contributed by atoms with Crippen molar-refractivity contribution in [2.45, 2.75) is 6.92 Å². The van der Waals surface area contributed by atoms with Gasteiger partial charge in [0.25, 0.3) is 11.5 Å². The van der Waals surface area contributed by atoms with Crippen LogP contribution in [0.2, 0.25) is 0 Å². The lowest BCUT2D eigenvalue weighted by molar-refractivity contribution is 0.0989. The van der Waals surface area contributed by atoms with Crippen LogP contribution >= 0.6 is 0 Å². The molecule has 1 aromatic heterocycles. The van der Waals surface area contributed by atoms with Crippen molar-refractivity contribution < 1.29 is 14.7 Å². The van der Waals surface area contributed by atoms with Gasteiger partial charge in [0.05, 0.1) is 5.69 Å². The van der Waals surface area contributed by atoms with Crippen molar-refractivity contribution >= 4 is 11.8 Å². The van der Waals surface area contributed by atoms with E-state index in [2.05, 4.69) is 0 Å². The van der Waals surface area contributed by atoms with Crippen molar-refractivity contribution in [1.82, 2.24) is 4.57 Å². The molecular weight excluding hydrogens is 274 g/mol. The number of amides is 2. The predicted octanol–water partition coefficient (Wildman–Crippen LogP) is 0.0493. The molecular formula is C14H13N3O4. The van der Waals surface area contributed by atoms with Gasteiger partial charge < -0.3 is 16.6 Å². The molecule has 7 heteroatoms. The highest BCUT2D eigenvalue weighted by atomic mass is 16.3. The van der Waals surface area contributed by atoms with Crippen molar-refractivity contribution in [2.75, 3.05) is 0 Å². The van der Waals surface area contributed by atoms with E-state index in [1.807, 2.05) is 0 Å². The Kier molecular flexibility index (Phi) is 3.49. The highest BCUT2D eigenvalue weighted by molar-refractivity contribution is 5.96. The summed E-state index contributed by atoms with van der Waals surface area (Å²) in [5.74, 6) is -1.99. The Morgan fingerprint density at radius 1 is 1.10 bits per heavy atom. The Balaban J connectivity index is 2.69. The lowest BCUT2D eigenvalue weighted by atomic mass is 10.1. The second-order valence-electron chi connectivity index (χ2n) is 4.47. The van der Waals surface area contributed by atoms with E-state index in [0.717, 1.165) is 4.57 Å². The van der Waals surface area contributed by atoms with E-state index in [1.54, 1.807) is 0 Å². The normalized spacial score (nSPS) is 10.3. The summed E-state index contributed by atoms with van der Waals surface area (Å²) in [7, 11) is 0. The van der Waals surface area contributed by atoms with Gasteiger partial charge in [0.15, 0.2) is 0 Å². The number of carbonyl (C=O) groups is 2. The van der Waals surface area contributed by atoms with E-state index in [9.17, 15) is 19.5 Å². The highest BCUT2D eigenvalue weighted by Crippen LogP contribution is 2.22. The molecule has 0 radical (unpaired) electrons. The standard InChI is InChI=1S/C14H13N3O4/c1-7-6-10(18)17(14(21)11(7)13(16)20)9-4-2-8(3-5-9)12(15)19/h2-6,21H,1H3,(H2,15,19)(H2,16,20). The molecule has 21 heavy (non-hydrogen) atoms. The molecule has 0 spiro atoms. The molecule has 1 heterocycles. The molecule has 5 N–H and O–H groups in total. The first-order valence-electron chi connectivity index (χ1n) is 5.98. The summed E-state index contributed by atoms with van der Waals surface area (Å²) < 4.78 is 0.928. The van der Waals surface area contributed by atoms with Gasteiger partial charge in [-0.05, 0) is 36.8 Å². The Morgan fingerprint density at radius 2 is 1.67 bits per heavy atom. The number of nitrogens with two attached hydrogens (primary N) is 2. The summed E-state index contributed by atoms with van der Waals surface area (Å²) >= 11 is 0. The fourth-order valence-electron chi connectivity index (χ4n) is 2.04. The summed E-state index contributed by atoms with van der Waals surface area (Å²) in [5.41, 5.74) is 10.5. The van der Waals surface area contributed by atoms with E-state index in [4.69, 9.17) is 11.5 Å². The number of hydrogen-bond acceptors (Lipinski definition) is 4. The number of hydrogen-bond donors (Lipinski definition) is 3. The average molecular weight is 287 g/mol. The number of carbonyl (C=O) groups excluding carboxylic acids is 2. The minimum absolute atomic E-state index is 0.131. The van der Waals surface area contributed by atoms with Crippen molar-refractivity contribution in [3.63, 3.8) is 0 Å². The second-order valence-corrected chi connectivity index (χ2v) is 4.47. The third-order valence-electron chi connectivity index (χ3n) is 3.05. The van der Waals surface area contributed by atoms with E-state index in [0.29, 0.717) is 0 Å². The smallest absolute Gasteiger partial charge is 0.258 e. The average Bonchev–Trinajstić information content (AvgIpc) is 2.38. The lowest BCUT2D eigenvalue weighted by Crippen LogP contribution is -2.23. The number of pyridine rings is 1. The van der Waals surface area contributed by atoms with Gasteiger partial charge in [-0.25, -0.2) is 4.57 Å². The first kappa shape index (κ1) is 14.3. The van der Waals surface area contributed by atoms with Crippen molar-refractivity contribution in [1.29, 1.82) is 0 Å². The Morgan fingerprint density at radius 3 is 2.14 bits per heavy atom. The maximum absolute atomic E-state index is 12.0. The molecule has 0 saturated carbocycles. The number of benzene rings is 1. The number of primary amides is 2. The summed E-state index contributed by atoms with van der Waals surface area (Å²) in [6.07, 6.45) is 0. The Hall–Kier alpha value is -3.09. The van der Waals surface area contributed by atoms with Crippen LogP contribution in [-0.4, -0.2) is 21.5 Å². The Labute approximate surface area is 119 Å². The molecule has 0 aliphatic rings. The molecule has 0 fully saturated rings. The number of aromatic nitrogens is 1. The maximum Gasteiger partial charge on any atom is 0.258 e. The molecule has 0 saturated heterocycles. The molecule has 0 bridgehead atoms. The minimum Gasteiger partial charge on any atom is -0.494 e. The molecule has 2 rings (SSSR count). The minimum atomic E-state index is -0.840. The second kappa shape index (κ2) is 5.12. The molecule has 0 aliphatic heterocycles. The lowest BCUT2D eigenvalue weighted by Gasteiger charge is -2.13. The SMILES string of the molecule is Cc1cc(=O)n(-c2ccc(C(N)=O)cc2)c(O)c1C(N)=O. The topological polar surface area (TPSA) is 128 Å². The molecule has 0 atom stereocenters. The van der Waals surface area contributed by atoms with E-state index >= 15 is 0 Å². The fourth-order valence-corrected chi connectivity index (χ4v) is 2.04. The molecule has 0 aliphatic carbocycles. The number of rotatable bonds is 3. The number of aryl methyl sites for hydroxylation is 1. The molecule has 108 valence electrons. The van der Waals surface area contributed by atoms with Crippen LogP contribution in [0.25, 0.3) is 5.69 Å². The summed E-state index contributed by atoms with van der Waals surface area (Å²) in [5, 5.41) is 10.1. The zero-order valence-electron chi connectivity index (χ0n) is 11.2. The fraction of sp³-hybridized carbons (Fsp3) is 0.0714. The van der Waals surface area contributed by atoms with Gasteiger partial charge in [0.2, 0.25) is 11.8 Å². The molecule has 0 unspecified atom stereocenters. The van der Waals surface area contributed by atoms with Gasteiger partial charge in [0, 0.05) is 11.6 Å². The van der Waals surface area contributed by atoms with Gasteiger partial charge in [-0.2, -0.15) is 0 Å². The Bertz CT molecular complexity index is 791. The summed E-state index contributed by atoms with van der Waals surface area (Å²) in [4.78, 5) is 34.4. The third-order valence-corrected chi connectivity index (χ3v) is 3.05. The van der Waals surface area contributed by atoms with Crippen LogP contribution in [0.1, 0.15) is 26.3 Å². The van der Waals surface area contributed by atoms with Crippen molar-refractivity contribution in [3.05, 3.63) is 57.4 Å². The monoisotopic (exact) mass is 287 g/mol. The summed E-state index contributed by atoms with van der Waals surface area (Å²) in [6.45, 7) is 1.50. The van der Waals surface area contributed by atoms with Crippen LogP contribution < -0.4 is 17.0 Å². The van der Waals surface area contributed by atoms with E-state index in [1.165, 1.54) is 37.3 Å². The molecule has 2 amide bonds. The first-order chi connectivity index (χ1) is 9.82. The number of aromatic hydroxyl groups is 1. The molecule has 7 nitrogen and oxygen atoms in total. The largest absolute Gasteiger partial charge is 0.494 e.